The smallest absolute Gasteiger partial charge is 0.265 e. The Balaban J connectivity index is 2.09. The highest BCUT2D eigenvalue weighted by atomic mass is 19.1. The number of hydrogen-bond donors (Lipinski definition) is 2. The van der Waals surface area contributed by atoms with Crippen molar-refractivity contribution in [2.75, 3.05) is 7.05 Å². The van der Waals surface area contributed by atoms with E-state index in [2.05, 4.69) is 0 Å². The number of nitrogens with one attached hydrogen (secondary N) is 1. The van der Waals surface area contributed by atoms with Crippen LogP contribution in [0.2, 0.25) is 0 Å². The van der Waals surface area contributed by atoms with E-state index >= 15 is 0 Å². The van der Waals surface area contributed by atoms with Crippen LogP contribution in [0, 0.1) is 5.82 Å². The van der Waals surface area contributed by atoms with Gasteiger partial charge in [-0.2, -0.15) is 0 Å². The van der Waals surface area contributed by atoms with Gasteiger partial charge in [0.05, 0.1) is 0 Å². The molecule has 5 heteroatoms. The van der Waals surface area contributed by atoms with Crippen LogP contribution in [-0.2, 0) is 13.1 Å². The lowest BCUT2D eigenvalue weighted by Crippen LogP contribution is -2.30. The maximum atomic E-state index is 13.8. The zero-order valence-electron chi connectivity index (χ0n) is 11.8. The van der Waals surface area contributed by atoms with Crippen molar-refractivity contribution in [1.29, 1.82) is 0 Å². The van der Waals surface area contributed by atoms with E-state index in [4.69, 9.17) is 5.84 Å². The Morgan fingerprint density at radius 2 is 1.90 bits per heavy atom. The third-order valence-electron chi connectivity index (χ3n) is 3.17. The number of hydrogen-bond acceptors (Lipinski definition) is 3. The maximum absolute atomic E-state index is 13.8. The zero-order valence-corrected chi connectivity index (χ0v) is 11.8. The van der Waals surface area contributed by atoms with Crippen LogP contribution in [0.4, 0.5) is 4.39 Å². The molecule has 4 nitrogen and oxygen atoms in total. The first kappa shape index (κ1) is 15.2. The van der Waals surface area contributed by atoms with Crippen molar-refractivity contribution >= 4 is 5.91 Å². The molecular formula is C16H18FN3O. The number of rotatable bonds is 5. The van der Waals surface area contributed by atoms with Crippen molar-refractivity contribution < 1.29 is 9.18 Å². The van der Waals surface area contributed by atoms with E-state index in [1.54, 1.807) is 0 Å². The molecule has 0 aliphatic heterocycles. The third kappa shape index (κ3) is 4.11. The molecule has 0 radical (unpaired) electrons. The molecule has 0 unspecified atom stereocenters. The second-order valence-corrected chi connectivity index (χ2v) is 4.94. The molecular weight excluding hydrogens is 269 g/mol. The van der Waals surface area contributed by atoms with E-state index in [-0.39, 0.29) is 5.82 Å². The minimum Gasteiger partial charge on any atom is -0.298 e. The summed E-state index contributed by atoms with van der Waals surface area (Å²) in [5.41, 5.74) is 4.01. The molecule has 2 rings (SSSR count). The lowest BCUT2D eigenvalue weighted by molar-refractivity contribution is 0.0953. The number of benzene rings is 2. The number of nitrogens with zero attached hydrogens (tertiary/aromatic N) is 1. The molecule has 0 spiro atoms. The average Bonchev–Trinajstić information content (AvgIpc) is 2.49. The first-order valence-electron chi connectivity index (χ1n) is 6.62. The molecule has 0 saturated carbocycles. The van der Waals surface area contributed by atoms with E-state index in [1.807, 2.05) is 47.7 Å². The number of hydrazine groups is 1. The zero-order chi connectivity index (χ0) is 15.2. The molecule has 0 saturated heterocycles. The fourth-order valence-electron chi connectivity index (χ4n) is 2.16. The number of carbonyl (C=O) groups excluding carboxylic acids is 1. The van der Waals surface area contributed by atoms with Crippen molar-refractivity contribution in [2.45, 2.75) is 13.1 Å². The van der Waals surface area contributed by atoms with Gasteiger partial charge in [-0.05, 0) is 30.8 Å². The summed E-state index contributed by atoms with van der Waals surface area (Å²) in [7, 11) is 1.90. The number of halogens is 1. The van der Waals surface area contributed by atoms with Crippen LogP contribution < -0.4 is 11.3 Å². The molecule has 0 heterocycles. The monoisotopic (exact) mass is 287 g/mol. The van der Waals surface area contributed by atoms with Crippen LogP contribution in [0.3, 0.4) is 0 Å². The Bertz CT molecular complexity index is 616. The molecule has 2 aromatic carbocycles. The van der Waals surface area contributed by atoms with E-state index < -0.39 is 5.91 Å². The molecule has 0 aliphatic carbocycles. The van der Waals surface area contributed by atoms with Crippen LogP contribution >= 0.6 is 0 Å². The minimum atomic E-state index is -0.429. The van der Waals surface area contributed by atoms with Crippen LogP contribution in [0.15, 0.2) is 48.5 Å². The molecule has 0 bridgehead atoms. The quantitative estimate of drug-likeness (QED) is 0.503. The van der Waals surface area contributed by atoms with Gasteiger partial charge in [-0.25, -0.2) is 10.2 Å². The largest absolute Gasteiger partial charge is 0.298 e. The molecule has 0 aromatic heterocycles. The van der Waals surface area contributed by atoms with E-state index in [0.29, 0.717) is 24.2 Å². The Kier molecular flexibility index (Phi) is 5.03. The van der Waals surface area contributed by atoms with Gasteiger partial charge in [0, 0.05) is 24.2 Å². The van der Waals surface area contributed by atoms with Gasteiger partial charge >= 0.3 is 0 Å². The Morgan fingerprint density at radius 1 is 1.19 bits per heavy atom. The second kappa shape index (κ2) is 6.97. The van der Waals surface area contributed by atoms with Gasteiger partial charge in [0.2, 0.25) is 0 Å². The molecule has 3 N–H and O–H groups in total. The van der Waals surface area contributed by atoms with Crippen molar-refractivity contribution in [3.05, 3.63) is 71.0 Å². The van der Waals surface area contributed by atoms with Gasteiger partial charge in [0.15, 0.2) is 0 Å². The van der Waals surface area contributed by atoms with Gasteiger partial charge in [-0.3, -0.25) is 15.1 Å². The van der Waals surface area contributed by atoms with Crippen molar-refractivity contribution in [2.24, 2.45) is 5.84 Å². The second-order valence-electron chi connectivity index (χ2n) is 4.94. The van der Waals surface area contributed by atoms with Crippen molar-refractivity contribution in [3.8, 4) is 0 Å². The normalized spacial score (nSPS) is 10.7. The van der Waals surface area contributed by atoms with Crippen molar-refractivity contribution in [3.63, 3.8) is 0 Å². The van der Waals surface area contributed by atoms with Crippen LogP contribution in [-0.4, -0.2) is 17.9 Å². The fourth-order valence-corrected chi connectivity index (χ4v) is 2.16. The summed E-state index contributed by atoms with van der Waals surface area (Å²) < 4.78 is 13.8. The average molecular weight is 287 g/mol. The summed E-state index contributed by atoms with van der Waals surface area (Å²) in [6.45, 7) is 1.11. The lowest BCUT2D eigenvalue weighted by Gasteiger charge is -2.17. The predicted octanol–water partition coefficient (Wildman–Crippen LogP) is 2.06. The summed E-state index contributed by atoms with van der Waals surface area (Å²) in [4.78, 5) is 13.5. The standard InChI is InChI=1S/C16H18FN3O/c1-20(10-12-5-3-2-4-6-12)11-14-9-13(16(21)19-18)7-8-15(14)17/h2-9H,10-11,18H2,1H3,(H,19,21). The summed E-state index contributed by atoms with van der Waals surface area (Å²) in [6, 6.07) is 14.2. The highest BCUT2D eigenvalue weighted by Crippen LogP contribution is 2.14. The molecule has 21 heavy (non-hydrogen) atoms. The summed E-state index contributed by atoms with van der Waals surface area (Å²) in [5.74, 6) is 4.33. The first-order chi connectivity index (χ1) is 10.1. The Hall–Kier alpha value is -2.24. The van der Waals surface area contributed by atoms with Crippen LogP contribution in [0.25, 0.3) is 0 Å². The van der Waals surface area contributed by atoms with E-state index in [0.717, 1.165) is 5.56 Å². The first-order valence-corrected chi connectivity index (χ1v) is 6.62. The highest BCUT2D eigenvalue weighted by molar-refractivity contribution is 5.93. The fraction of sp³-hybridized carbons (Fsp3) is 0.188. The molecule has 2 aromatic rings. The lowest BCUT2D eigenvalue weighted by atomic mass is 10.1. The highest BCUT2D eigenvalue weighted by Gasteiger charge is 2.10. The molecule has 0 aliphatic rings. The van der Waals surface area contributed by atoms with E-state index in [9.17, 15) is 9.18 Å². The number of nitrogens with two attached hydrogens (primary N) is 1. The summed E-state index contributed by atoms with van der Waals surface area (Å²) in [5, 5.41) is 0. The van der Waals surface area contributed by atoms with Gasteiger partial charge in [0.25, 0.3) is 5.91 Å². The topological polar surface area (TPSA) is 58.4 Å². The number of nitrogen functional groups attached to an aromatic ring is 1. The predicted molar refractivity (Wildman–Crippen MR) is 79.7 cm³/mol. The number of amides is 1. The van der Waals surface area contributed by atoms with Gasteiger partial charge in [0.1, 0.15) is 5.82 Å². The third-order valence-corrected chi connectivity index (χ3v) is 3.17. The molecule has 0 fully saturated rings. The summed E-state index contributed by atoms with van der Waals surface area (Å²) >= 11 is 0. The summed E-state index contributed by atoms with van der Waals surface area (Å²) in [6.07, 6.45) is 0. The van der Waals surface area contributed by atoms with Crippen molar-refractivity contribution in [1.82, 2.24) is 10.3 Å². The molecule has 0 atom stereocenters. The Labute approximate surface area is 123 Å². The Morgan fingerprint density at radius 3 is 2.57 bits per heavy atom. The minimum absolute atomic E-state index is 0.330. The van der Waals surface area contributed by atoms with Crippen LogP contribution in [0.5, 0.6) is 0 Å². The SMILES string of the molecule is CN(Cc1ccccc1)Cc1cc(C(=O)NN)ccc1F. The number of carbonyl (C=O) groups is 1. The van der Waals surface area contributed by atoms with E-state index in [1.165, 1.54) is 18.2 Å². The van der Waals surface area contributed by atoms with Crippen LogP contribution in [0.1, 0.15) is 21.5 Å². The van der Waals surface area contributed by atoms with Gasteiger partial charge in [-0.1, -0.05) is 30.3 Å². The molecule has 1 amide bonds. The van der Waals surface area contributed by atoms with Gasteiger partial charge in [-0.15, -0.1) is 0 Å². The molecule has 110 valence electrons. The maximum Gasteiger partial charge on any atom is 0.265 e. The van der Waals surface area contributed by atoms with Gasteiger partial charge < -0.3 is 0 Å².